The van der Waals surface area contributed by atoms with Crippen molar-refractivity contribution in [2.75, 3.05) is 12.8 Å². The monoisotopic (exact) mass is 408 g/mol. The van der Waals surface area contributed by atoms with E-state index in [4.69, 9.17) is 0 Å². The van der Waals surface area contributed by atoms with Crippen molar-refractivity contribution in [2.45, 2.75) is 38.0 Å². The highest BCUT2D eigenvalue weighted by atomic mass is 32.2. The first-order chi connectivity index (χ1) is 13.2. The van der Waals surface area contributed by atoms with Gasteiger partial charge >= 0.3 is 0 Å². The van der Waals surface area contributed by atoms with E-state index in [0.29, 0.717) is 11.0 Å². The molecule has 5 nitrogen and oxygen atoms in total. The fourth-order valence-corrected chi connectivity index (χ4v) is 5.14. The predicted octanol–water partition coefficient (Wildman–Crippen LogP) is 3.25. The fourth-order valence-electron chi connectivity index (χ4n) is 3.94. The van der Waals surface area contributed by atoms with Crippen LogP contribution < -0.4 is 0 Å². The van der Waals surface area contributed by atoms with Gasteiger partial charge in [-0.25, -0.2) is 17.2 Å². The minimum atomic E-state index is -3.45. The Morgan fingerprint density at radius 3 is 2.07 bits per heavy atom. The van der Waals surface area contributed by atoms with Crippen molar-refractivity contribution in [3.8, 4) is 0 Å². The van der Waals surface area contributed by atoms with Crippen molar-refractivity contribution in [3.63, 3.8) is 0 Å². The van der Waals surface area contributed by atoms with Crippen LogP contribution in [-0.2, 0) is 16.6 Å². The molecule has 1 fully saturated rings. The highest BCUT2D eigenvalue weighted by Gasteiger charge is 2.32. The van der Waals surface area contributed by atoms with Crippen molar-refractivity contribution in [2.24, 2.45) is 0 Å². The first-order valence-corrected chi connectivity index (χ1v) is 11.1. The Morgan fingerprint density at radius 2 is 1.64 bits per heavy atom. The lowest BCUT2D eigenvalue weighted by molar-refractivity contribution is 0.101. The number of rotatable bonds is 6. The van der Waals surface area contributed by atoms with E-state index in [9.17, 15) is 22.3 Å². The molecule has 8 heteroatoms. The summed E-state index contributed by atoms with van der Waals surface area (Å²) in [6.45, 7) is -0.0130. The summed E-state index contributed by atoms with van der Waals surface area (Å²) in [6.07, 6.45) is 2.67. The number of benzene rings is 2. The average molecular weight is 408 g/mol. The summed E-state index contributed by atoms with van der Waals surface area (Å²) >= 11 is 0. The number of hydrogen-bond donors (Lipinski definition) is 1. The van der Waals surface area contributed by atoms with E-state index >= 15 is 0 Å². The van der Waals surface area contributed by atoms with E-state index in [1.165, 1.54) is 28.6 Å². The number of halogens is 2. The number of aromatic nitrogens is 1. The minimum Gasteiger partial charge on any atom is -0.390 e. The van der Waals surface area contributed by atoms with Gasteiger partial charge in [0, 0.05) is 23.4 Å². The van der Waals surface area contributed by atoms with Gasteiger partial charge in [-0.3, -0.25) is 0 Å². The van der Waals surface area contributed by atoms with Crippen LogP contribution in [0.4, 0.5) is 8.78 Å². The van der Waals surface area contributed by atoms with Gasteiger partial charge in [0.2, 0.25) is 10.0 Å². The lowest BCUT2D eigenvalue weighted by atomic mass is 9.93. The van der Waals surface area contributed by atoms with Crippen LogP contribution >= 0.6 is 0 Å². The topological polar surface area (TPSA) is 62.5 Å². The van der Waals surface area contributed by atoms with Gasteiger partial charge < -0.3 is 9.67 Å². The van der Waals surface area contributed by atoms with Crippen molar-refractivity contribution < 1.29 is 22.3 Å². The summed E-state index contributed by atoms with van der Waals surface area (Å²) in [5.41, 5.74) is 1.07. The molecule has 1 aliphatic carbocycles. The summed E-state index contributed by atoms with van der Waals surface area (Å²) in [5.74, 6) is -0.863. The molecule has 0 saturated heterocycles. The molecule has 0 spiro atoms. The summed E-state index contributed by atoms with van der Waals surface area (Å²) < 4.78 is 55.0. The first-order valence-electron chi connectivity index (χ1n) is 9.26. The second-order valence-electron chi connectivity index (χ2n) is 7.50. The highest BCUT2D eigenvalue weighted by Crippen LogP contribution is 2.31. The Labute approximate surface area is 162 Å². The van der Waals surface area contributed by atoms with Crippen molar-refractivity contribution in [1.29, 1.82) is 0 Å². The quantitative estimate of drug-likeness (QED) is 0.681. The Bertz CT molecular complexity index is 1080. The van der Waals surface area contributed by atoms with Gasteiger partial charge in [-0.15, -0.1) is 0 Å². The highest BCUT2D eigenvalue weighted by molar-refractivity contribution is 7.88. The van der Waals surface area contributed by atoms with E-state index in [2.05, 4.69) is 0 Å². The standard InChI is InChI=1S/C20H22F2N2O3S/c1-28(26,27)24(15-3-2-4-15)12-16(25)11-23-19-9-13(21)5-7-17(19)18-8-6-14(22)10-20(18)23/h5-10,15-16,25H,2-4,11-12H2,1H3. The van der Waals surface area contributed by atoms with Crippen molar-refractivity contribution in [3.05, 3.63) is 48.0 Å². The van der Waals surface area contributed by atoms with Crippen LogP contribution in [0.25, 0.3) is 21.8 Å². The smallest absolute Gasteiger partial charge is 0.211 e. The van der Waals surface area contributed by atoms with Gasteiger partial charge in [0.1, 0.15) is 11.6 Å². The maximum Gasteiger partial charge on any atom is 0.211 e. The summed E-state index contributed by atoms with van der Waals surface area (Å²) in [4.78, 5) is 0. The third-order valence-corrected chi connectivity index (χ3v) is 6.78. The molecule has 3 aromatic rings. The lowest BCUT2D eigenvalue weighted by Gasteiger charge is -2.36. The van der Waals surface area contributed by atoms with Crippen LogP contribution in [-0.4, -0.2) is 47.3 Å². The number of hydrogen-bond acceptors (Lipinski definition) is 3. The zero-order valence-corrected chi connectivity index (χ0v) is 16.3. The van der Waals surface area contributed by atoms with Gasteiger partial charge in [-0.05, 0) is 49.2 Å². The average Bonchev–Trinajstić information content (AvgIpc) is 2.84. The number of sulfonamides is 1. The molecule has 4 rings (SSSR count). The van der Waals surface area contributed by atoms with E-state index < -0.39 is 27.8 Å². The fraction of sp³-hybridized carbons (Fsp3) is 0.400. The van der Waals surface area contributed by atoms with Crippen molar-refractivity contribution >= 4 is 31.8 Å². The van der Waals surface area contributed by atoms with Crippen LogP contribution in [0.2, 0.25) is 0 Å². The Morgan fingerprint density at radius 1 is 1.11 bits per heavy atom. The van der Waals surface area contributed by atoms with Crippen LogP contribution in [0.15, 0.2) is 36.4 Å². The summed E-state index contributed by atoms with van der Waals surface area (Å²) in [5, 5.41) is 12.2. The molecule has 1 unspecified atom stereocenters. The molecule has 1 N–H and O–H groups in total. The molecule has 1 heterocycles. The Kier molecular flexibility index (Phi) is 4.89. The van der Waals surface area contributed by atoms with Crippen molar-refractivity contribution in [1.82, 2.24) is 8.87 Å². The van der Waals surface area contributed by atoms with E-state index in [1.807, 2.05) is 0 Å². The Balaban J connectivity index is 1.71. The Hall–Kier alpha value is -2.03. The molecule has 1 saturated carbocycles. The summed E-state index contributed by atoms with van der Waals surface area (Å²) in [7, 11) is -3.45. The molecule has 0 amide bonds. The van der Waals surface area contributed by atoms with Crippen LogP contribution in [0, 0.1) is 11.6 Å². The van der Waals surface area contributed by atoms with Gasteiger partial charge in [-0.1, -0.05) is 6.42 Å². The largest absolute Gasteiger partial charge is 0.390 e. The lowest BCUT2D eigenvalue weighted by Crippen LogP contribution is -2.47. The third kappa shape index (κ3) is 3.52. The minimum absolute atomic E-state index is 0.0334. The second kappa shape index (κ2) is 7.09. The van der Waals surface area contributed by atoms with Gasteiger partial charge in [0.05, 0.1) is 29.9 Å². The maximum absolute atomic E-state index is 13.8. The number of fused-ring (bicyclic) bond motifs is 3. The van der Waals surface area contributed by atoms with Gasteiger partial charge in [-0.2, -0.15) is 4.31 Å². The SMILES string of the molecule is CS(=O)(=O)N(CC(O)Cn1c2cc(F)ccc2c2ccc(F)cc21)C1CCC1. The molecular formula is C20H22F2N2O3S. The molecule has 1 atom stereocenters. The molecule has 1 aliphatic rings. The van der Waals surface area contributed by atoms with Crippen LogP contribution in [0.5, 0.6) is 0 Å². The van der Waals surface area contributed by atoms with Gasteiger partial charge in [0.25, 0.3) is 0 Å². The summed E-state index contributed by atoms with van der Waals surface area (Å²) in [6, 6.07) is 8.55. The zero-order valence-electron chi connectivity index (χ0n) is 15.5. The van der Waals surface area contributed by atoms with E-state index in [0.717, 1.165) is 36.3 Å². The number of aliphatic hydroxyl groups excluding tert-OH is 1. The number of aliphatic hydroxyl groups is 1. The molecular weight excluding hydrogens is 386 g/mol. The normalized spacial score (nSPS) is 16.8. The van der Waals surface area contributed by atoms with E-state index in [1.54, 1.807) is 16.7 Å². The first kappa shape index (κ1) is 19.3. The van der Waals surface area contributed by atoms with Crippen LogP contribution in [0.3, 0.4) is 0 Å². The molecule has 150 valence electrons. The molecule has 1 aromatic heterocycles. The maximum atomic E-state index is 13.8. The molecule has 0 radical (unpaired) electrons. The molecule has 28 heavy (non-hydrogen) atoms. The zero-order chi connectivity index (χ0) is 20.1. The molecule has 0 aliphatic heterocycles. The van der Waals surface area contributed by atoms with E-state index in [-0.39, 0.29) is 19.1 Å². The van der Waals surface area contributed by atoms with Crippen LogP contribution in [0.1, 0.15) is 19.3 Å². The second-order valence-corrected chi connectivity index (χ2v) is 9.44. The predicted molar refractivity (Wildman–Crippen MR) is 105 cm³/mol. The molecule has 0 bridgehead atoms. The molecule has 2 aromatic carbocycles. The number of nitrogens with zero attached hydrogens (tertiary/aromatic N) is 2. The third-order valence-electron chi connectivity index (χ3n) is 5.48. The van der Waals surface area contributed by atoms with Gasteiger partial charge in [0.15, 0.2) is 0 Å².